The van der Waals surface area contributed by atoms with E-state index in [1.807, 2.05) is 46.8 Å². The number of carbonyl (C=O) groups is 1. The summed E-state index contributed by atoms with van der Waals surface area (Å²) in [6.07, 6.45) is 0. The summed E-state index contributed by atoms with van der Waals surface area (Å²) >= 11 is 0. The van der Waals surface area contributed by atoms with E-state index in [0.717, 1.165) is 17.0 Å². The van der Waals surface area contributed by atoms with Crippen molar-refractivity contribution in [2.24, 2.45) is 0 Å². The Morgan fingerprint density at radius 3 is 2.21 bits per heavy atom. The van der Waals surface area contributed by atoms with Crippen LogP contribution in [0.2, 0.25) is 0 Å². The highest BCUT2D eigenvalue weighted by molar-refractivity contribution is 7.92. The zero-order valence-corrected chi connectivity index (χ0v) is 20.5. The lowest BCUT2D eigenvalue weighted by atomic mass is 9.87. The fourth-order valence-electron chi connectivity index (χ4n) is 3.26. The average molecular weight is 468 g/mol. The molecule has 33 heavy (non-hydrogen) atoms. The molecule has 8 nitrogen and oxygen atoms in total. The topological polar surface area (TPSA) is 113 Å². The molecule has 0 bridgehead atoms. The smallest absolute Gasteiger partial charge is 0.269 e. The molecule has 0 fully saturated rings. The molecule has 3 rings (SSSR count). The molecule has 0 spiro atoms. The number of carbonyl (C=O) groups excluding carboxylic acids is 1. The van der Waals surface area contributed by atoms with Crippen molar-refractivity contribution in [3.05, 3.63) is 76.6 Å². The third kappa shape index (κ3) is 6.07. The minimum Gasteiger partial charge on any atom is -0.280 e. The monoisotopic (exact) mass is 467 g/mol. The first kappa shape index (κ1) is 24.2. The van der Waals surface area contributed by atoms with Gasteiger partial charge in [-0.3, -0.25) is 20.4 Å². The minimum absolute atomic E-state index is 0.192. The number of rotatable bonds is 6. The maximum atomic E-state index is 13.1. The van der Waals surface area contributed by atoms with Gasteiger partial charge in [0.05, 0.1) is 4.90 Å². The predicted molar refractivity (Wildman–Crippen MR) is 130 cm³/mol. The molecule has 0 aliphatic carbocycles. The van der Waals surface area contributed by atoms with Gasteiger partial charge < -0.3 is 0 Å². The van der Waals surface area contributed by atoms with Gasteiger partial charge in [0, 0.05) is 22.6 Å². The SMILES string of the molecule is Cc1cc(C)nc(NNC(=O)c2cccc(NS(=O)(=O)c3cc(C(C)(C)C)ccc3C)c2)n1. The third-order valence-electron chi connectivity index (χ3n) is 4.99. The van der Waals surface area contributed by atoms with Gasteiger partial charge in [0.1, 0.15) is 0 Å². The summed E-state index contributed by atoms with van der Waals surface area (Å²) in [4.78, 5) is 21.2. The molecular weight excluding hydrogens is 438 g/mol. The van der Waals surface area contributed by atoms with Crippen LogP contribution in [0.25, 0.3) is 0 Å². The summed E-state index contributed by atoms with van der Waals surface area (Å²) in [6, 6.07) is 13.5. The van der Waals surface area contributed by atoms with Crippen LogP contribution >= 0.6 is 0 Å². The van der Waals surface area contributed by atoms with Gasteiger partial charge in [0.2, 0.25) is 5.95 Å². The van der Waals surface area contributed by atoms with Crippen LogP contribution < -0.4 is 15.6 Å². The van der Waals surface area contributed by atoms with Crippen molar-refractivity contribution in [2.45, 2.75) is 51.9 Å². The molecule has 0 saturated heterocycles. The van der Waals surface area contributed by atoms with E-state index in [9.17, 15) is 13.2 Å². The quantitative estimate of drug-likeness (QED) is 0.467. The van der Waals surface area contributed by atoms with Crippen LogP contribution in [0.15, 0.2) is 53.4 Å². The van der Waals surface area contributed by atoms with Gasteiger partial charge in [-0.05, 0) is 67.6 Å². The summed E-state index contributed by atoms with van der Waals surface area (Å²) in [5.74, 6) is -0.184. The van der Waals surface area contributed by atoms with E-state index in [1.54, 1.807) is 37.3 Å². The van der Waals surface area contributed by atoms with Crippen LogP contribution in [0.4, 0.5) is 11.6 Å². The second-order valence-corrected chi connectivity index (χ2v) is 10.6. The Hall–Kier alpha value is -3.46. The molecule has 0 aliphatic heterocycles. The fourth-order valence-corrected chi connectivity index (χ4v) is 4.58. The average Bonchev–Trinajstić information content (AvgIpc) is 2.70. The number of amides is 1. The lowest BCUT2D eigenvalue weighted by molar-refractivity contribution is 0.0962. The number of nitrogens with zero attached hydrogens (tertiary/aromatic N) is 2. The number of hydrogen-bond donors (Lipinski definition) is 3. The molecule has 3 aromatic rings. The Balaban J connectivity index is 1.78. The molecule has 1 aromatic heterocycles. The first-order chi connectivity index (χ1) is 15.3. The Kier molecular flexibility index (Phi) is 6.73. The predicted octanol–water partition coefficient (Wildman–Crippen LogP) is 4.26. The first-order valence-electron chi connectivity index (χ1n) is 10.5. The van der Waals surface area contributed by atoms with E-state index in [1.165, 1.54) is 6.07 Å². The van der Waals surface area contributed by atoms with Crippen LogP contribution in [0.5, 0.6) is 0 Å². The van der Waals surface area contributed by atoms with Gasteiger partial charge in [-0.2, -0.15) is 0 Å². The third-order valence-corrected chi connectivity index (χ3v) is 6.51. The number of benzene rings is 2. The van der Waals surface area contributed by atoms with Crippen LogP contribution in [0.3, 0.4) is 0 Å². The summed E-state index contributed by atoms with van der Waals surface area (Å²) in [6.45, 7) is 11.5. The zero-order chi connectivity index (χ0) is 24.4. The standard InChI is InChI=1S/C24H29N5O3S/c1-15-10-11-19(24(4,5)6)14-21(15)33(31,32)29-20-9-7-8-18(13-20)22(30)27-28-23-25-16(2)12-17(3)26-23/h7-14,29H,1-6H3,(H,27,30)(H,25,26,28). The molecule has 1 amide bonds. The minimum atomic E-state index is -3.85. The van der Waals surface area contributed by atoms with Crippen molar-refractivity contribution < 1.29 is 13.2 Å². The number of sulfonamides is 1. The zero-order valence-electron chi connectivity index (χ0n) is 19.6. The Labute approximate surface area is 194 Å². The molecule has 3 N–H and O–H groups in total. The number of hydrazine groups is 1. The molecule has 0 saturated carbocycles. The van der Waals surface area contributed by atoms with Crippen molar-refractivity contribution in [3.8, 4) is 0 Å². The first-order valence-corrected chi connectivity index (χ1v) is 12.0. The molecule has 0 radical (unpaired) electrons. The molecule has 9 heteroatoms. The van der Waals surface area contributed by atoms with E-state index in [-0.39, 0.29) is 27.5 Å². The molecule has 2 aromatic carbocycles. The molecular formula is C24H29N5O3S. The van der Waals surface area contributed by atoms with Crippen molar-refractivity contribution in [1.82, 2.24) is 15.4 Å². The van der Waals surface area contributed by atoms with Gasteiger partial charge in [-0.15, -0.1) is 0 Å². The van der Waals surface area contributed by atoms with E-state index >= 15 is 0 Å². The maximum Gasteiger partial charge on any atom is 0.269 e. The van der Waals surface area contributed by atoms with Gasteiger partial charge in [0.25, 0.3) is 15.9 Å². The Bertz CT molecular complexity index is 1280. The normalized spacial score (nSPS) is 11.7. The molecule has 1 heterocycles. The van der Waals surface area contributed by atoms with Crippen molar-refractivity contribution in [1.29, 1.82) is 0 Å². The van der Waals surface area contributed by atoms with E-state index in [2.05, 4.69) is 25.5 Å². The highest BCUT2D eigenvalue weighted by Crippen LogP contribution is 2.28. The summed E-state index contributed by atoms with van der Waals surface area (Å²) in [5.41, 5.74) is 8.67. The summed E-state index contributed by atoms with van der Waals surface area (Å²) in [7, 11) is -3.85. The van der Waals surface area contributed by atoms with Gasteiger partial charge in [-0.25, -0.2) is 18.4 Å². The highest BCUT2D eigenvalue weighted by atomic mass is 32.2. The van der Waals surface area contributed by atoms with Gasteiger partial charge >= 0.3 is 0 Å². The number of anilines is 2. The fraction of sp³-hybridized carbons (Fsp3) is 0.292. The Morgan fingerprint density at radius 1 is 0.909 bits per heavy atom. The van der Waals surface area contributed by atoms with E-state index < -0.39 is 15.9 Å². The highest BCUT2D eigenvalue weighted by Gasteiger charge is 2.22. The molecule has 0 aliphatic rings. The van der Waals surface area contributed by atoms with Crippen LogP contribution in [-0.4, -0.2) is 24.3 Å². The van der Waals surface area contributed by atoms with Crippen LogP contribution in [0.1, 0.15) is 53.6 Å². The second-order valence-electron chi connectivity index (χ2n) is 8.97. The van der Waals surface area contributed by atoms with E-state index in [4.69, 9.17) is 0 Å². The summed E-state index contributed by atoms with van der Waals surface area (Å²) < 4.78 is 28.8. The summed E-state index contributed by atoms with van der Waals surface area (Å²) in [5, 5.41) is 0. The van der Waals surface area contributed by atoms with Crippen molar-refractivity contribution >= 4 is 27.6 Å². The molecule has 0 atom stereocenters. The van der Waals surface area contributed by atoms with E-state index in [0.29, 0.717) is 5.56 Å². The van der Waals surface area contributed by atoms with Crippen LogP contribution in [0, 0.1) is 20.8 Å². The van der Waals surface area contributed by atoms with Gasteiger partial charge in [-0.1, -0.05) is 39.0 Å². The molecule has 0 unspecified atom stereocenters. The lowest BCUT2D eigenvalue weighted by Gasteiger charge is -2.21. The van der Waals surface area contributed by atoms with Crippen LogP contribution in [-0.2, 0) is 15.4 Å². The van der Waals surface area contributed by atoms with Crippen molar-refractivity contribution in [3.63, 3.8) is 0 Å². The number of nitrogens with one attached hydrogen (secondary N) is 3. The Morgan fingerprint density at radius 2 is 1.58 bits per heavy atom. The largest absolute Gasteiger partial charge is 0.280 e. The number of aromatic nitrogens is 2. The van der Waals surface area contributed by atoms with Crippen molar-refractivity contribution in [2.75, 3.05) is 10.1 Å². The maximum absolute atomic E-state index is 13.1. The number of hydrogen-bond acceptors (Lipinski definition) is 6. The molecule has 174 valence electrons. The number of aryl methyl sites for hydroxylation is 3. The lowest BCUT2D eigenvalue weighted by Crippen LogP contribution is -2.30. The second kappa shape index (κ2) is 9.19. The van der Waals surface area contributed by atoms with Gasteiger partial charge in [0.15, 0.2) is 0 Å².